The van der Waals surface area contributed by atoms with Crippen LogP contribution in [0.15, 0.2) is 29.3 Å². The topological polar surface area (TPSA) is 69.1 Å². The number of alkyl halides is 3. The van der Waals surface area contributed by atoms with E-state index < -0.39 is 18.8 Å². The van der Waals surface area contributed by atoms with E-state index in [0.717, 1.165) is 0 Å². The van der Waals surface area contributed by atoms with E-state index in [1.165, 1.54) is 4.90 Å². The average Bonchev–Trinajstić information content (AvgIpc) is 3.04. The number of likely N-dealkylation sites (tertiary alicyclic amines) is 1. The first kappa shape index (κ1) is 24.8. The summed E-state index contributed by atoms with van der Waals surface area (Å²) in [7, 11) is 1.57. The Labute approximate surface area is 180 Å². The molecule has 1 heterocycles. The van der Waals surface area contributed by atoms with Crippen molar-refractivity contribution in [2.45, 2.75) is 31.7 Å². The summed E-state index contributed by atoms with van der Waals surface area (Å²) in [6.07, 6.45) is -4.35. The Bertz CT molecular complexity index is 614. The fourth-order valence-corrected chi connectivity index (χ4v) is 2.97. The lowest BCUT2D eigenvalue weighted by molar-refractivity contribution is -0.143. The molecule has 3 N–H and O–H groups in total. The predicted molar refractivity (Wildman–Crippen MR) is 113 cm³/mol. The van der Waals surface area contributed by atoms with Gasteiger partial charge in [0.15, 0.2) is 5.96 Å². The van der Waals surface area contributed by atoms with Gasteiger partial charge in [-0.2, -0.15) is 13.2 Å². The minimum atomic E-state index is -4.18. The number of guanidine groups is 1. The molecule has 0 bridgehead atoms. The van der Waals surface area contributed by atoms with E-state index >= 15 is 0 Å². The predicted octanol–water partition coefficient (Wildman–Crippen LogP) is 2.54. The van der Waals surface area contributed by atoms with Gasteiger partial charge in [-0.3, -0.25) is 9.89 Å². The van der Waals surface area contributed by atoms with E-state index in [9.17, 15) is 18.3 Å². The van der Waals surface area contributed by atoms with E-state index in [2.05, 4.69) is 15.6 Å². The van der Waals surface area contributed by atoms with Crippen LogP contribution in [0, 0.1) is 0 Å². The fourth-order valence-electron chi connectivity index (χ4n) is 2.97. The summed E-state index contributed by atoms with van der Waals surface area (Å²) in [5.74, 6) is 1.19. The molecule has 0 aromatic heterocycles. The molecule has 0 radical (unpaired) electrons. The number of aliphatic hydroxyl groups is 1. The van der Waals surface area contributed by atoms with Crippen LogP contribution in [0.2, 0.25) is 0 Å². The molecule has 0 spiro atoms. The molecule has 0 amide bonds. The number of benzene rings is 1. The number of nitrogens with one attached hydrogen (secondary N) is 2. The number of halogens is 4. The first-order valence-corrected chi connectivity index (χ1v) is 8.96. The minimum absolute atomic E-state index is 0. The van der Waals surface area contributed by atoms with Crippen LogP contribution >= 0.6 is 24.0 Å². The molecule has 6 nitrogen and oxygen atoms in total. The number of nitrogens with zero attached hydrogens (tertiary/aromatic N) is 2. The monoisotopic (exact) mass is 516 g/mol. The van der Waals surface area contributed by atoms with Crippen molar-refractivity contribution in [1.82, 2.24) is 15.5 Å². The molecule has 160 valence electrons. The van der Waals surface area contributed by atoms with Crippen molar-refractivity contribution in [2.75, 3.05) is 39.8 Å². The van der Waals surface area contributed by atoms with E-state index in [1.54, 1.807) is 31.4 Å². The van der Waals surface area contributed by atoms with Crippen LogP contribution in [-0.4, -0.2) is 68.0 Å². The second-order valence-electron chi connectivity index (χ2n) is 6.49. The highest BCUT2D eigenvalue weighted by Gasteiger charge is 2.34. The number of hydrogen-bond acceptors (Lipinski definition) is 4. The molecule has 2 unspecified atom stereocenters. The van der Waals surface area contributed by atoms with Gasteiger partial charge in [0.25, 0.3) is 0 Å². The van der Waals surface area contributed by atoms with Crippen molar-refractivity contribution in [2.24, 2.45) is 4.99 Å². The molecule has 1 saturated heterocycles. The van der Waals surface area contributed by atoms with Crippen LogP contribution in [0.4, 0.5) is 13.2 Å². The Morgan fingerprint density at radius 3 is 2.61 bits per heavy atom. The standard InChI is InChI=1S/C18H27F3N4O2.HI/c1-3-22-17(24-14-8-9-25(11-14)12-18(19,20)21)23-10-16(26)13-4-6-15(27-2)7-5-13;/h4-7,14,16,26H,3,8-12H2,1-2H3,(H2,22,23,24);1H. The Balaban J connectivity index is 0.00000392. The number of aliphatic imine (C=N–C) groups is 1. The average molecular weight is 516 g/mol. The van der Waals surface area contributed by atoms with Crippen LogP contribution in [-0.2, 0) is 0 Å². The highest BCUT2D eigenvalue weighted by atomic mass is 127. The van der Waals surface area contributed by atoms with E-state index in [0.29, 0.717) is 43.3 Å². The Morgan fingerprint density at radius 2 is 2.04 bits per heavy atom. The van der Waals surface area contributed by atoms with Gasteiger partial charge in [0.2, 0.25) is 0 Å². The summed E-state index contributed by atoms with van der Waals surface area (Å²) >= 11 is 0. The van der Waals surface area contributed by atoms with Crippen molar-refractivity contribution in [3.05, 3.63) is 29.8 Å². The molecule has 1 fully saturated rings. The van der Waals surface area contributed by atoms with E-state index in [4.69, 9.17) is 4.74 Å². The number of hydrogen-bond donors (Lipinski definition) is 3. The fraction of sp³-hybridized carbons (Fsp3) is 0.611. The first-order chi connectivity index (χ1) is 12.8. The summed E-state index contributed by atoms with van der Waals surface area (Å²) in [4.78, 5) is 5.75. The highest BCUT2D eigenvalue weighted by molar-refractivity contribution is 14.0. The van der Waals surface area contributed by atoms with Crippen molar-refractivity contribution in [3.8, 4) is 5.75 Å². The quantitative estimate of drug-likeness (QED) is 0.296. The zero-order valence-electron chi connectivity index (χ0n) is 16.0. The molecule has 2 atom stereocenters. The van der Waals surface area contributed by atoms with Gasteiger partial charge in [-0.15, -0.1) is 24.0 Å². The molecular formula is C18H28F3IN4O2. The van der Waals surface area contributed by atoms with Gasteiger partial charge in [0, 0.05) is 25.7 Å². The highest BCUT2D eigenvalue weighted by Crippen LogP contribution is 2.20. The van der Waals surface area contributed by atoms with Gasteiger partial charge in [-0.05, 0) is 31.0 Å². The van der Waals surface area contributed by atoms with Crippen molar-refractivity contribution in [1.29, 1.82) is 0 Å². The third kappa shape index (κ3) is 8.39. The van der Waals surface area contributed by atoms with Gasteiger partial charge in [-0.25, -0.2) is 0 Å². The second-order valence-corrected chi connectivity index (χ2v) is 6.49. The van der Waals surface area contributed by atoms with Crippen molar-refractivity contribution < 1.29 is 23.0 Å². The van der Waals surface area contributed by atoms with Crippen LogP contribution in [0.3, 0.4) is 0 Å². The van der Waals surface area contributed by atoms with Crippen molar-refractivity contribution in [3.63, 3.8) is 0 Å². The third-order valence-electron chi connectivity index (χ3n) is 4.28. The Morgan fingerprint density at radius 1 is 1.36 bits per heavy atom. The molecular weight excluding hydrogens is 488 g/mol. The molecule has 2 rings (SSSR count). The normalized spacial score (nSPS) is 19.1. The van der Waals surface area contributed by atoms with Crippen LogP contribution in [0.25, 0.3) is 0 Å². The van der Waals surface area contributed by atoms with Gasteiger partial charge >= 0.3 is 6.18 Å². The van der Waals surface area contributed by atoms with E-state index in [-0.39, 0.29) is 36.6 Å². The molecule has 1 aliphatic heterocycles. The summed E-state index contributed by atoms with van der Waals surface area (Å²) in [5, 5.41) is 16.5. The Hall–Kier alpha value is -1.27. The molecule has 0 aliphatic carbocycles. The molecule has 1 aliphatic rings. The zero-order chi connectivity index (χ0) is 19.9. The number of methoxy groups -OCH3 is 1. The number of rotatable bonds is 7. The van der Waals surface area contributed by atoms with E-state index in [1.807, 2.05) is 6.92 Å². The minimum Gasteiger partial charge on any atom is -0.497 e. The number of aliphatic hydroxyl groups excluding tert-OH is 1. The summed E-state index contributed by atoms with van der Waals surface area (Å²) in [5.41, 5.74) is 0.715. The largest absolute Gasteiger partial charge is 0.497 e. The lowest BCUT2D eigenvalue weighted by Crippen LogP contribution is -2.45. The second kappa shape index (κ2) is 11.7. The van der Waals surface area contributed by atoms with Gasteiger partial charge in [-0.1, -0.05) is 12.1 Å². The molecule has 10 heteroatoms. The summed E-state index contributed by atoms with van der Waals surface area (Å²) in [6, 6.07) is 6.96. The van der Waals surface area contributed by atoms with Gasteiger partial charge in [0.05, 0.1) is 26.3 Å². The molecule has 1 aromatic rings. The maximum Gasteiger partial charge on any atom is 0.401 e. The zero-order valence-corrected chi connectivity index (χ0v) is 18.3. The number of ether oxygens (including phenoxy) is 1. The SMILES string of the molecule is CCNC(=NCC(O)c1ccc(OC)cc1)NC1CCN(CC(F)(F)F)C1.I. The summed E-state index contributed by atoms with van der Waals surface area (Å²) < 4.78 is 42.6. The third-order valence-corrected chi connectivity index (χ3v) is 4.28. The van der Waals surface area contributed by atoms with Crippen molar-refractivity contribution >= 4 is 29.9 Å². The van der Waals surface area contributed by atoms with Crippen LogP contribution in [0.1, 0.15) is 25.0 Å². The molecule has 28 heavy (non-hydrogen) atoms. The Kier molecular flexibility index (Phi) is 10.3. The summed E-state index contributed by atoms with van der Waals surface area (Å²) in [6.45, 7) is 2.47. The molecule has 0 saturated carbocycles. The van der Waals surface area contributed by atoms with Crippen LogP contribution < -0.4 is 15.4 Å². The first-order valence-electron chi connectivity index (χ1n) is 8.96. The van der Waals surface area contributed by atoms with Gasteiger partial charge < -0.3 is 20.5 Å². The lowest BCUT2D eigenvalue weighted by Gasteiger charge is -2.20. The maximum atomic E-state index is 12.5. The van der Waals surface area contributed by atoms with Gasteiger partial charge in [0.1, 0.15) is 5.75 Å². The molecule has 1 aromatic carbocycles. The maximum absolute atomic E-state index is 12.5. The van der Waals surface area contributed by atoms with Crippen LogP contribution in [0.5, 0.6) is 5.75 Å². The smallest absolute Gasteiger partial charge is 0.401 e. The lowest BCUT2D eigenvalue weighted by atomic mass is 10.1.